The van der Waals surface area contributed by atoms with Gasteiger partial charge in [-0.3, -0.25) is 9.59 Å². The van der Waals surface area contributed by atoms with Crippen molar-refractivity contribution in [3.63, 3.8) is 0 Å². The zero-order valence-electron chi connectivity index (χ0n) is 16.0. The van der Waals surface area contributed by atoms with Crippen LogP contribution in [0.1, 0.15) is 65.0 Å². The topological polar surface area (TPSA) is 49.4 Å². The number of amides is 2. The number of benzene rings is 1. The third kappa shape index (κ3) is 5.99. The highest BCUT2D eigenvalue weighted by Crippen LogP contribution is 2.17. The third-order valence-electron chi connectivity index (χ3n) is 3.95. The van der Waals surface area contributed by atoms with Crippen LogP contribution in [0.4, 0.5) is 0 Å². The van der Waals surface area contributed by atoms with E-state index in [0.717, 1.165) is 17.5 Å². The van der Waals surface area contributed by atoms with Gasteiger partial charge in [-0.25, -0.2) is 0 Å². The number of carbonyl (C=O) groups is 2. The molecule has 0 saturated carbocycles. The first-order chi connectivity index (χ1) is 11.2. The molecular formula is C20H32N2O2. The standard InChI is InChI=1S/C20H32N2O2/c1-7-11-18(23)22(14-16-13-10-9-12-15(16)3)17(8-2)19(24)21-20(4,5)6/h9-10,12-13,17H,7-8,11,14H2,1-6H3,(H,21,24). The van der Waals surface area contributed by atoms with E-state index in [1.807, 2.05) is 65.8 Å². The zero-order chi connectivity index (χ0) is 18.3. The first kappa shape index (κ1) is 20.2. The van der Waals surface area contributed by atoms with Crippen molar-refractivity contribution in [1.82, 2.24) is 10.2 Å². The fourth-order valence-corrected chi connectivity index (χ4v) is 2.70. The molecule has 0 radical (unpaired) electrons. The molecule has 1 atom stereocenters. The van der Waals surface area contributed by atoms with E-state index in [9.17, 15) is 9.59 Å². The van der Waals surface area contributed by atoms with E-state index in [1.165, 1.54) is 0 Å². The maximum atomic E-state index is 12.7. The van der Waals surface area contributed by atoms with Gasteiger partial charge in [-0.1, -0.05) is 38.1 Å². The minimum atomic E-state index is -0.442. The fourth-order valence-electron chi connectivity index (χ4n) is 2.70. The van der Waals surface area contributed by atoms with Crippen molar-refractivity contribution < 1.29 is 9.59 Å². The molecule has 0 aliphatic rings. The normalized spacial score (nSPS) is 12.6. The SMILES string of the molecule is CCCC(=O)N(Cc1ccccc1C)C(CC)C(=O)NC(C)(C)C. The molecule has 0 saturated heterocycles. The van der Waals surface area contributed by atoms with Crippen molar-refractivity contribution in [2.45, 2.75) is 78.9 Å². The Morgan fingerprint density at radius 1 is 1.17 bits per heavy atom. The van der Waals surface area contributed by atoms with Gasteiger partial charge in [-0.2, -0.15) is 0 Å². The van der Waals surface area contributed by atoms with E-state index in [-0.39, 0.29) is 17.4 Å². The van der Waals surface area contributed by atoms with Gasteiger partial charge in [0.25, 0.3) is 0 Å². The van der Waals surface area contributed by atoms with Crippen LogP contribution in [0, 0.1) is 6.92 Å². The molecular weight excluding hydrogens is 300 g/mol. The van der Waals surface area contributed by atoms with Gasteiger partial charge in [0.2, 0.25) is 11.8 Å². The molecule has 24 heavy (non-hydrogen) atoms. The Kier molecular flexibility index (Phi) is 7.46. The molecule has 0 fully saturated rings. The second kappa shape index (κ2) is 8.86. The Bertz CT molecular complexity index is 561. The summed E-state index contributed by atoms with van der Waals surface area (Å²) in [6.07, 6.45) is 1.84. The molecule has 4 heteroatoms. The first-order valence-electron chi connectivity index (χ1n) is 8.85. The minimum absolute atomic E-state index is 0.0386. The molecule has 0 aliphatic carbocycles. The lowest BCUT2D eigenvalue weighted by molar-refractivity contribution is -0.142. The largest absolute Gasteiger partial charge is 0.350 e. The van der Waals surface area contributed by atoms with Crippen LogP contribution in [0.25, 0.3) is 0 Å². The van der Waals surface area contributed by atoms with Crippen molar-refractivity contribution in [1.29, 1.82) is 0 Å². The Morgan fingerprint density at radius 2 is 1.79 bits per heavy atom. The zero-order valence-corrected chi connectivity index (χ0v) is 16.0. The molecule has 0 aliphatic heterocycles. The number of aryl methyl sites for hydroxylation is 1. The molecule has 1 aromatic rings. The summed E-state index contributed by atoms with van der Waals surface area (Å²) in [5.41, 5.74) is 1.91. The lowest BCUT2D eigenvalue weighted by Gasteiger charge is -2.33. The number of carbonyl (C=O) groups excluding carboxylic acids is 2. The maximum Gasteiger partial charge on any atom is 0.243 e. The van der Waals surface area contributed by atoms with Crippen LogP contribution in [-0.4, -0.2) is 28.3 Å². The van der Waals surface area contributed by atoms with Crippen molar-refractivity contribution >= 4 is 11.8 Å². The number of rotatable bonds is 7. The van der Waals surface area contributed by atoms with Crippen LogP contribution in [0.5, 0.6) is 0 Å². The van der Waals surface area contributed by atoms with Gasteiger partial charge in [0.1, 0.15) is 6.04 Å². The van der Waals surface area contributed by atoms with E-state index in [1.54, 1.807) is 4.90 Å². The smallest absolute Gasteiger partial charge is 0.243 e. The summed E-state index contributed by atoms with van der Waals surface area (Å²) in [4.78, 5) is 27.1. The molecule has 1 N–H and O–H groups in total. The fraction of sp³-hybridized carbons (Fsp3) is 0.600. The third-order valence-corrected chi connectivity index (χ3v) is 3.95. The van der Waals surface area contributed by atoms with Gasteiger partial charge >= 0.3 is 0 Å². The van der Waals surface area contributed by atoms with Crippen LogP contribution in [0.15, 0.2) is 24.3 Å². The Labute approximate surface area is 146 Å². The van der Waals surface area contributed by atoms with E-state index in [2.05, 4.69) is 5.32 Å². The van der Waals surface area contributed by atoms with E-state index < -0.39 is 6.04 Å². The molecule has 134 valence electrons. The molecule has 0 heterocycles. The maximum absolute atomic E-state index is 12.7. The second-order valence-corrected chi connectivity index (χ2v) is 7.36. The van der Waals surface area contributed by atoms with Gasteiger partial charge < -0.3 is 10.2 Å². The average Bonchev–Trinajstić information content (AvgIpc) is 2.47. The van der Waals surface area contributed by atoms with Gasteiger partial charge in [-0.15, -0.1) is 0 Å². The monoisotopic (exact) mass is 332 g/mol. The molecule has 0 spiro atoms. The average molecular weight is 332 g/mol. The highest BCUT2D eigenvalue weighted by molar-refractivity contribution is 5.88. The Hall–Kier alpha value is -1.84. The number of nitrogens with one attached hydrogen (secondary N) is 1. The first-order valence-corrected chi connectivity index (χ1v) is 8.85. The number of hydrogen-bond acceptors (Lipinski definition) is 2. The van der Waals surface area contributed by atoms with Gasteiger partial charge in [0.15, 0.2) is 0 Å². The van der Waals surface area contributed by atoms with E-state index in [4.69, 9.17) is 0 Å². The summed E-state index contributed by atoms with van der Waals surface area (Å²) in [7, 11) is 0. The van der Waals surface area contributed by atoms with Crippen LogP contribution >= 0.6 is 0 Å². The van der Waals surface area contributed by atoms with Crippen molar-refractivity contribution in [3.8, 4) is 0 Å². The Morgan fingerprint density at radius 3 is 2.29 bits per heavy atom. The lowest BCUT2D eigenvalue weighted by Crippen LogP contribution is -2.53. The molecule has 0 bridgehead atoms. The van der Waals surface area contributed by atoms with Crippen LogP contribution in [0.2, 0.25) is 0 Å². The summed E-state index contributed by atoms with van der Waals surface area (Å²) < 4.78 is 0. The van der Waals surface area contributed by atoms with Crippen molar-refractivity contribution in [2.24, 2.45) is 0 Å². The summed E-state index contributed by atoms with van der Waals surface area (Å²) in [5, 5.41) is 3.02. The van der Waals surface area contributed by atoms with Gasteiger partial charge in [-0.05, 0) is 51.7 Å². The molecule has 1 aromatic carbocycles. The summed E-state index contributed by atoms with van der Waals surface area (Å²) in [5.74, 6) is -0.0419. The predicted molar refractivity (Wildman–Crippen MR) is 98.6 cm³/mol. The molecule has 1 rings (SSSR count). The Balaban J connectivity index is 3.08. The highest BCUT2D eigenvalue weighted by atomic mass is 16.2. The van der Waals surface area contributed by atoms with Crippen LogP contribution in [0.3, 0.4) is 0 Å². The highest BCUT2D eigenvalue weighted by Gasteiger charge is 2.30. The summed E-state index contributed by atoms with van der Waals surface area (Å²) in [6, 6.07) is 7.58. The van der Waals surface area contributed by atoms with Crippen molar-refractivity contribution in [2.75, 3.05) is 0 Å². The second-order valence-electron chi connectivity index (χ2n) is 7.36. The lowest BCUT2D eigenvalue weighted by atomic mass is 10.0. The van der Waals surface area contributed by atoms with Gasteiger partial charge in [0, 0.05) is 18.5 Å². The molecule has 4 nitrogen and oxygen atoms in total. The quantitative estimate of drug-likeness (QED) is 0.825. The minimum Gasteiger partial charge on any atom is -0.350 e. The van der Waals surface area contributed by atoms with Crippen molar-refractivity contribution in [3.05, 3.63) is 35.4 Å². The van der Waals surface area contributed by atoms with Gasteiger partial charge in [0.05, 0.1) is 0 Å². The molecule has 2 amide bonds. The number of nitrogens with zero attached hydrogens (tertiary/aromatic N) is 1. The summed E-state index contributed by atoms with van der Waals surface area (Å²) in [6.45, 7) is 12.3. The predicted octanol–water partition coefficient (Wildman–Crippen LogP) is 3.82. The van der Waals surface area contributed by atoms with E-state index >= 15 is 0 Å². The number of hydrogen-bond donors (Lipinski definition) is 1. The van der Waals surface area contributed by atoms with E-state index in [0.29, 0.717) is 19.4 Å². The summed E-state index contributed by atoms with van der Waals surface area (Å²) >= 11 is 0. The van der Waals surface area contributed by atoms with Crippen LogP contribution in [-0.2, 0) is 16.1 Å². The van der Waals surface area contributed by atoms with Crippen LogP contribution < -0.4 is 5.32 Å². The molecule has 1 unspecified atom stereocenters. The molecule has 0 aromatic heterocycles.